The highest BCUT2D eigenvalue weighted by atomic mass is 16.6. The summed E-state index contributed by atoms with van der Waals surface area (Å²) in [7, 11) is 0. The van der Waals surface area contributed by atoms with Crippen LogP contribution < -0.4 is 0 Å². The Labute approximate surface area is 92.1 Å². The molecule has 0 rings (SSSR count). The van der Waals surface area contributed by atoms with E-state index in [9.17, 15) is 4.79 Å². The van der Waals surface area contributed by atoms with Crippen LogP contribution in [-0.4, -0.2) is 23.8 Å². The van der Waals surface area contributed by atoms with Gasteiger partial charge < -0.3 is 9.84 Å². The third-order valence-electron chi connectivity index (χ3n) is 2.21. The molecule has 0 saturated heterocycles. The lowest BCUT2D eigenvalue weighted by Crippen LogP contribution is -2.22. The monoisotopic (exact) mass is 214 g/mol. The molecule has 0 bridgehead atoms. The van der Waals surface area contributed by atoms with E-state index >= 15 is 0 Å². The fourth-order valence-corrected chi connectivity index (χ4v) is 1.24. The largest absolute Gasteiger partial charge is 0.457 e. The Morgan fingerprint density at radius 1 is 1.40 bits per heavy atom. The molecule has 0 aliphatic rings. The Morgan fingerprint density at radius 3 is 2.53 bits per heavy atom. The van der Waals surface area contributed by atoms with E-state index in [2.05, 4.69) is 13.5 Å². The Hall–Kier alpha value is -0.830. The predicted molar refractivity (Wildman–Crippen MR) is 60.5 cm³/mol. The van der Waals surface area contributed by atoms with Gasteiger partial charge in [-0.2, -0.15) is 0 Å². The number of carbonyl (C=O) groups excluding carboxylic acids is 1. The van der Waals surface area contributed by atoms with Crippen LogP contribution >= 0.6 is 0 Å². The minimum atomic E-state index is -0.412. The highest BCUT2D eigenvalue weighted by Gasteiger charge is 2.13. The fourth-order valence-electron chi connectivity index (χ4n) is 1.24. The first kappa shape index (κ1) is 14.2. The van der Waals surface area contributed by atoms with Gasteiger partial charge in [0.05, 0.1) is 6.61 Å². The summed E-state index contributed by atoms with van der Waals surface area (Å²) in [5.41, 5.74) is 0.377. The quantitative estimate of drug-likeness (QED) is 0.383. The number of hydrogen-bond acceptors (Lipinski definition) is 3. The summed E-state index contributed by atoms with van der Waals surface area (Å²) in [6.45, 7) is 7.14. The van der Waals surface area contributed by atoms with E-state index in [1.165, 1.54) is 12.8 Å². The first-order chi connectivity index (χ1) is 7.11. The lowest BCUT2D eigenvalue weighted by molar-refractivity contribution is -0.146. The molecule has 0 fully saturated rings. The van der Waals surface area contributed by atoms with Gasteiger partial charge in [0.15, 0.2) is 0 Å². The molecular weight excluding hydrogens is 192 g/mol. The molecule has 0 spiro atoms. The zero-order valence-corrected chi connectivity index (χ0v) is 9.79. The van der Waals surface area contributed by atoms with Crippen LogP contribution in [0.2, 0.25) is 0 Å². The molecule has 0 aromatic heterocycles. The number of ether oxygens (including phenoxy) is 1. The Kier molecular flexibility index (Phi) is 8.01. The van der Waals surface area contributed by atoms with Crippen molar-refractivity contribution in [1.29, 1.82) is 0 Å². The maximum absolute atomic E-state index is 11.2. The normalized spacial score (nSPS) is 12.2. The van der Waals surface area contributed by atoms with Crippen molar-refractivity contribution in [3.8, 4) is 0 Å². The van der Waals surface area contributed by atoms with Crippen molar-refractivity contribution in [2.45, 2.75) is 52.1 Å². The SMILES string of the molecule is C=C(C)C(=O)OC(CO)CCCCCC. The number of aliphatic hydroxyl groups is 1. The van der Waals surface area contributed by atoms with Crippen molar-refractivity contribution < 1.29 is 14.6 Å². The summed E-state index contributed by atoms with van der Waals surface area (Å²) >= 11 is 0. The number of carbonyl (C=O) groups is 1. The topological polar surface area (TPSA) is 46.5 Å². The second-order valence-corrected chi connectivity index (χ2v) is 3.84. The van der Waals surface area contributed by atoms with Crippen molar-refractivity contribution in [3.05, 3.63) is 12.2 Å². The van der Waals surface area contributed by atoms with Crippen molar-refractivity contribution in [3.63, 3.8) is 0 Å². The maximum atomic E-state index is 11.2. The fraction of sp³-hybridized carbons (Fsp3) is 0.750. The molecule has 0 radical (unpaired) electrons. The lowest BCUT2D eigenvalue weighted by atomic mass is 10.1. The van der Waals surface area contributed by atoms with Crippen LogP contribution in [0.3, 0.4) is 0 Å². The molecular formula is C12H22O3. The first-order valence-corrected chi connectivity index (χ1v) is 5.59. The first-order valence-electron chi connectivity index (χ1n) is 5.59. The highest BCUT2D eigenvalue weighted by Crippen LogP contribution is 2.09. The van der Waals surface area contributed by atoms with Crippen LogP contribution in [-0.2, 0) is 9.53 Å². The number of unbranched alkanes of at least 4 members (excludes halogenated alkanes) is 3. The molecule has 3 heteroatoms. The zero-order valence-electron chi connectivity index (χ0n) is 9.79. The molecule has 0 heterocycles. The van der Waals surface area contributed by atoms with Gasteiger partial charge in [0.25, 0.3) is 0 Å². The second kappa shape index (κ2) is 8.48. The van der Waals surface area contributed by atoms with Crippen molar-refractivity contribution in [1.82, 2.24) is 0 Å². The summed E-state index contributed by atoms with van der Waals surface area (Å²) in [6.07, 6.45) is 4.84. The van der Waals surface area contributed by atoms with Crippen LogP contribution in [0.4, 0.5) is 0 Å². The van der Waals surface area contributed by atoms with E-state index in [4.69, 9.17) is 9.84 Å². The Morgan fingerprint density at radius 2 is 2.07 bits per heavy atom. The molecule has 15 heavy (non-hydrogen) atoms. The van der Waals surface area contributed by atoms with Crippen molar-refractivity contribution in [2.75, 3.05) is 6.61 Å². The van der Waals surface area contributed by atoms with Gasteiger partial charge in [-0.05, 0) is 19.8 Å². The molecule has 88 valence electrons. The average molecular weight is 214 g/mol. The highest BCUT2D eigenvalue weighted by molar-refractivity contribution is 5.87. The van der Waals surface area contributed by atoms with E-state index in [0.717, 1.165) is 19.3 Å². The molecule has 1 N–H and O–H groups in total. The molecule has 3 nitrogen and oxygen atoms in total. The smallest absolute Gasteiger partial charge is 0.333 e. The predicted octanol–water partition coefficient (Wildman–Crippen LogP) is 2.44. The van der Waals surface area contributed by atoms with Gasteiger partial charge in [-0.1, -0.05) is 32.8 Å². The second-order valence-electron chi connectivity index (χ2n) is 3.84. The van der Waals surface area contributed by atoms with Crippen LogP contribution in [0.1, 0.15) is 46.0 Å². The van der Waals surface area contributed by atoms with Gasteiger partial charge in [0.1, 0.15) is 6.10 Å². The van der Waals surface area contributed by atoms with Crippen LogP contribution in [0.25, 0.3) is 0 Å². The Bertz CT molecular complexity index is 199. The van der Waals surface area contributed by atoms with Crippen LogP contribution in [0.15, 0.2) is 12.2 Å². The zero-order chi connectivity index (χ0) is 11.7. The third-order valence-corrected chi connectivity index (χ3v) is 2.21. The van der Waals surface area contributed by atoms with Gasteiger partial charge in [0.2, 0.25) is 0 Å². The van der Waals surface area contributed by atoms with E-state index < -0.39 is 5.97 Å². The maximum Gasteiger partial charge on any atom is 0.333 e. The lowest BCUT2D eigenvalue weighted by Gasteiger charge is -2.15. The molecule has 1 unspecified atom stereocenters. The minimum Gasteiger partial charge on any atom is -0.457 e. The average Bonchev–Trinajstić information content (AvgIpc) is 2.22. The van der Waals surface area contributed by atoms with E-state index in [-0.39, 0.29) is 12.7 Å². The number of hydrogen-bond donors (Lipinski definition) is 1. The summed E-state index contributed by atoms with van der Waals surface area (Å²) < 4.78 is 5.05. The molecule has 0 amide bonds. The number of aliphatic hydroxyl groups excluding tert-OH is 1. The molecule has 0 aromatic rings. The molecule has 0 aliphatic carbocycles. The summed E-state index contributed by atoms with van der Waals surface area (Å²) in [6, 6.07) is 0. The third kappa shape index (κ3) is 7.14. The van der Waals surface area contributed by atoms with E-state index in [1.807, 2.05) is 0 Å². The number of rotatable bonds is 8. The van der Waals surface area contributed by atoms with Gasteiger partial charge in [-0.15, -0.1) is 0 Å². The minimum absolute atomic E-state index is 0.106. The molecule has 0 saturated carbocycles. The molecule has 1 atom stereocenters. The summed E-state index contributed by atoms with van der Waals surface area (Å²) in [4.78, 5) is 11.2. The van der Waals surface area contributed by atoms with Gasteiger partial charge >= 0.3 is 5.97 Å². The molecule has 0 aromatic carbocycles. The van der Waals surface area contributed by atoms with E-state index in [1.54, 1.807) is 6.92 Å². The number of esters is 1. The summed E-state index contributed by atoms with van der Waals surface area (Å²) in [5, 5.41) is 9.01. The van der Waals surface area contributed by atoms with Crippen molar-refractivity contribution >= 4 is 5.97 Å². The summed E-state index contributed by atoms with van der Waals surface area (Å²) in [5.74, 6) is -0.412. The van der Waals surface area contributed by atoms with Crippen LogP contribution in [0.5, 0.6) is 0 Å². The van der Waals surface area contributed by atoms with Gasteiger partial charge in [-0.25, -0.2) is 4.79 Å². The standard InChI is InChI=1S/C12H22O3/c1-4-5-6-7-8-11(9-13)15-12(14)10(2)3/h11,13H,2,4-9H2,1,3H3. The van der Waals surface area contributed by atoms with Crippen LogP contribution in [0, 0.1) is 0 Å². The van der Waals surface area contributed by atoms with Gasteiger partial charge in [-0.3, -0.25) is 0 Å². The van der Waals surface area contributed by atoms with E-state index in [0.29, 0.717) is 5.57 Å². The van der Waals surface area contributed by atoms with Crippen molar-refractivity contribution in [2.24, 2.45) is 0 Å². The Balaban J connectivity index is 3.73. The molecule has 0 aliphatic heterocycles. The van der Waals surface area contributed by atoms with Gasteiger partial charge in [0, 0.05) is 5.57 Å².